The highest BCUT2D eigenvalue weighted by molar-refractivity contribution is 7.91. The van der Waals surface area contributed by atoms with E-state index in [1.54, 1.807) is 30.3 Å². The third-order valence-electron chi connectivity index (χ3n) is 3.79. The van der Waals surface area contributed by atoms with E-state index in [0.29, 0.717) is 29.0 Å². The predicted octanol–water partition coefficient (Wildman–Crippen LogP) is 2.73. The highest BCUT2D eigenvalue weighted by Crippen LogP contribution is 2.27. The topological polar surface area (TPSA) is 63.2 Å². The summed E-state index contributed by atoms with van der Waals surface area (Å²) in [6.45, 7) is 0. The van der Waals surface area contributed by atoms with Crippen LogP contribution >= 0.6 is 0 Å². The Morgan fingerprint density at radius 1 is 1.17 bits per heavy atom. The molecule has 1 amide bonds. The van der Waals surface area contributed by atoms with Gasteiger partial charge in [0, 0.05) is 5.69 Å². The van der Waals surface area contributed by atoms with Gasteiger partial charge in [-0.3, -0.25) is 4.79 Å². The maximum Gasteiger partial charge on any atom is 0.228 e. The summed E-state index contributed by atoms with van der Waals surface area (Å²) in [7, 11) is -3.19. The number of anilines is 1. The molecule has 1 heterocycles. The minimum atomic E-state index is -3.19. The third-order valence-corrected chi connectivity index (χ3v) is 5.69. The number of amides is 1. The zero-order chi connectivity index (χ0) is 16.4. The Bertz CT molecular complexity index is 862. The number of carbonyl (C=O) groups excluding carboxylic acids is 1. The molecule has 0 spiro atoms. The maximum absolute atomic E-state index is 13.1. The predicted molar refractivity (Wildman–Crippen MR) is 85.5 cm³/mol. The van der Waals surface area contributed by atoms with Crippen LogP contribution in [0.1, 0.15) is 17.5 Å². The van der Waals surface area contributed by atoms with Gasteiger partial charge in [-0.25, -0.2) is 12.8 Å². The van der Waals surface area contributed by atoms with Gasteiger partial charge in [-0.1, -0.05) is 12.1 Å². The minimum absolute atomic E-state index is 0.0626. The first-order chi connectivity index (χ1) is 10.9. The summed E-state index contributed by atoms with van der Waals surface area (Å²) in [6.07, 6.45) is 1.34. The van der Waals surface area contributed by atoms with Crippen LogP contribution in [0.15, 0.2) is 47.4 Å². The molecule has 3 rings (SSSR count). The molecule has 4 nitrogen and oxygen atoms in total. The molecule has 0 aromatic heterocycles. The van der Waals surface area contributed by atoms with Crippen LogP contribution in [0.5, 0.6) is 0 Å². The van der Waals surface area contributed by atoms with E-state index in [1.165, 1.54) is 12.1 Å². The number of nitrogens with one attached hydrogen (secondary N) is 1. The molecule has 0 saturated carbocycles. The first-order valence-electron chi connectivity index (χ1n) is 7.34. The number of carbonyl (C=O) groups is 1. The van der Waals surface area contributed by atoms with Crippen molar-refractivity contribution in [1.29, 1.82) is 0 Å². The van der Waals surface area contributed by atoms with E-state index in [0.717, 1.165) is 5.56 Å². The second-order valence-corrected chi connectivity index (χ2v) is 7.68. The average Bonchev–Trinajstić information content (AvgIpc) is 2.46. The summed E-state index contributed by atoms with van der Waals surface area (Å²) in [5, 5.41) is 2.73. The van der Waals surface area contributed by atoms with Crippen molar-refractivity contribution >= 4 is 21.4 Å². The molecule has 0 unspecified atom stereocenters. The lowest BCUT2D eigenvalue weighted by Crippen LogP contribution is -2.18. The molecule has 1 N–H and O–H groups in total. The van der Waals surface area contributed by atoms with Crippen LogP contribution in [-0.4, -0.2) is 20.1 Å². The summed E-state index contributed by atoms with van der Waals surface area (Å²) in [4.78, 5) is 12.4. The van der Waals surface area contributed by atoms with Gasteiger partial charge in [-0.05, 0) is 54.3 Å². The third kappa shape index (κ3) is 3.59. The highest BCUT2D eigenvalue weighted by atomic mass is 32.2. The molecule has 0 bridgehead atoms. The molecule has 1 aliphatic rings. The van der Waals surface area contributed by atoms with Crippen molar-refractivity contribution in [2.24, 2.45) is 0 Å². The van der Waals surface area contributed by atoms with Gasteiger partial charge in [0.15, 0.2) is 9.84 Å². The van der Waals surface area contributed by atoms with E-state index < -0.39 is 9.84 Å². The van der Waals surface area contributed by atoms with Crippen molar-refractivity contribution in [3.8, 4) is 0 Å². The monoisotopic (exact) mass is 333 g/mol. The van der Waals surface area contributed by atoms with Gasteiger partial charge >= 0.3 is 0 Å². The van der Waals surface area contributed by atoms with Crippen molar-refractivity contribution < 1.29 is 17.6 Å². The second kappa shape index (κ2) is 6.12. The van der Waals surface area contributed by atoms with Gasteiger partial charge < -0.3 is 5.32 Å². The standard InChI is InChI=1S/C17H16FNO3S/c18-14-5-1-3-12(9-14)10-17(20)19-15-6-7-16-13(11-15)4-2-8-23(16,21)22/h1,3,5-7,9,11H,2,4,8,10H2,(H,19,20). The number of halogens is 1. The Morgan fingerprint density at radius 2 is 2.00 bits per heavy atom. The van der Waals surface area contributed by atoms with E-state index in [2.05, 4.69) is 5.32 Å². The van der Waals surface area contributed by atoms with Crippen molar-refractivity contribution in [2.45, 2.75) is 24.2 Å². The molecule has 0 fully saturated rings. The summed E-state index contributed by atoms with van der Waals surface area (Å²) in [5.74, 6) is -0.478. The first kappa shape index (κ1) is 15.7. The quantitative estimate of drug-likeness (QED) is 0.939. The normalized spacial score (nSPS) is 15.7. The van der Waals surface area contributed by atoms with E-state index in [-0.39, 0.29) is 23.9 Å². The van der Waals surface area contributed by atoms with Crippen molar-refractivity contribution in [3.63, 3.8) is 0 Å². The van der Waals surface area contributed by atoms with E-state index in [4.69, 9.17) is 0 Å². The van der Waals surface area contributed by atoms with Crippen LogP contribution in [-0.2, 0) is 27.5 Å². The molecule has 1 aliphatic heterocycles. The number of sulfone groups is 1. The Kier molecular flexibility index (Phi) is 4.17. The molecule has 120 valence electrons. The Balaban J connectivity index is 1.75. The maximum atomic E-state index is 13.1. The lowest BCUT2D eigenvalue weighted by Gasteiger charge is -2.17. The smallest absolute Gasteiger partial charge is 0.228 e. The molecule has 0 saturated heterocycles. The number of hydrogen-bond donors (Lipinski definition) is 1. The average molecular weight is 333 g/mol. The van der Waals surface area contributed by atoms with Gasteiger partial charge in [-0.2, -0.15) is 0 Å². The van der Waals surface area contributed by atoms with Crippen molar-refractivity contribution in [3.05, 3.63) is 59.4 Å². The van der Waals surface area contributed by atoms with Gasteiger partial charge in [0.1, 0.15) is 5.82 Å². The lowest BCUT2D eigenvalue weighted by atomic mass is 10.1. The van der Waals surface area contributed by atoms with Crippen molar-refractivity contribution in [1.82, 2.24) is 0 Å². The van der Waals surface area contributed by atoms with E-state index in [9.17, 15) is 17.6 Å². The number of rotatable bonds is 3. The van der Waals surface area contributed by atoms with Gasteiger partial charge in [0.2, 0.25) is 5.91 Å². The molecule has 0 radical (unpaired) electrons. The van der Waals surface area contributed by atoms with E-state index in [1.807, 2.05) is 0 Å². The van der Waals surface area contributed by atoms with Gasteiger partial charge in [-0.15, -0.1) is 0 Å². The molecule has 0 atom stereocenters. The zero-order valence-corrected chi connectivity index (χ0v) is 13.2. The Morgan fingerprint density at radius 3 is 2.78 bits per heavy atom. The number of fused-ring (bicyclic) bond motifs is 1. The fraction of sp³-hybridized carbons (Fsp3) is 0.235. The van der Waals surface area contributed by atoms with Crippen LogP contribution in [0, 0.1) is 5.82 Å². The molecule has 0 aliphatic carbocycles. The lowest BCUT2D eigenvalue weighted by molar-refractivity contribution is -0.115. The summed E-state index contributed by atoms with van der Waals surface area (Å²) in [6, 6.07) is 10.7. The summed E-state index contributed by atoms with van der Waals surface area (Å²) in [5.41, 5.74) is 1.88. The number of aryl methyl sites for hydroxylation is 1. The van der Waals surface area contributed by atoms with Crippen LogP contribution < -0.4 is 5.32 Å². The molecular formula is C17H16FNO3S. The van der Waals surface area contributed by atoms with Crippen molar-refractivity contribution in [2.75, 3.05) is 11.1 Å². The second-order valence-electron chi connectivity index (χ2n) is 5.60. The molecular weight excluding hydrogens is 317 g/mol. The first-order valence-corrected chi connectivity index (χ1v) is 8.99. The van der Waals surface area contributed by atoms with Crippen LogP contribution in [0.25, 0.3) is 0 Å². The summed E-state index contributed by atoms with van der Waals surface area (Å²) >= 11 is 0. The van der Waals surface area contributed by atoms with E-state index >= 15 is 0 Å². The van der Waals surface area contributed by atoms with Gasteiger partial charge in [0.05, 0.1) is 17.1 Å². The SMILES string of the molecule is O=C(Cc1cccc(F)c1)Nc1ccc2c(c1)CCCS2(=O)=O. The van der Waals surface area contributed by atoms with Crippen LogP contribution in [0.2, 0.25) is 0 Å². The minimum Gasteiger partial charge on any atom is -0.326 e. The fourth-order valence-electron chi connectivity index (χ4n) is 2.76. The highest BCUT2D eigenvalue weighted by Gasteiger charge is 2.23. The fourth-order valence-corrected chi connectivity index (χ4v) is 4.34. The largest absolute Gasteiger partial charge is 0.326 e. The Hall–Kier alpha value is -2.21. The Labute approximate surface area is 134 Å². The van der Waals surface area contributed by atoms with Crippen LogP contribution in [0.4, 0.5) is 10.1 Å². The van der Waals surface area contributed by atoms with Gasteiger partial charge in [0.25, 0.3) is 0 Å². The molecule has 23 heavy (non-hydrogen) atoms. The number of benzene rings is 2. The molecule has 6 heteroatoms. The molecule has 2 aromatic carbocycles. The van der Waals surface area contributed by atoms with Crippen LogP contribution in [0.3, 0.4) is 0 Å². The number of hydrogen-bond acceptors (Lipinski definition) is 3. The zero-order valence-electron chi connectivity index (χ0n) is 12.4. The summed E-state index contributed by atoms with van der Waals surface area (Å²) < 4.78 is 37.0. The molecule has 2 aromatic rings.